The number of carbonyl (C=O) groups excluding carboxylic acids is 2. The molecule has 3 rings (SSSR count). The van der Waals surface area contributed by atoms with Crippen molar-refractivity contribution < 1.29 is 14.3 Å². The topological polar surface area (TPSA) is 71.2 Å². The number of benzene rings is 2. The molecule has 0 spiro atoms. The smallest absolute Gasteiger partial charge is 0.338 e. The van der Waals surface area contributed by atoms with Gasteiger partial charge in [-0.05, 0) is 44.0 Å². The Morgan fingerprint density at radius 3 is 2.58 bits per heavy atom. The second kappa shape index (κ2) is 7.87. The third kappa shape index (κ3) is 4.30. The predicted octanol–water partition coefficient (Wildman–Crippen LogP) is 3.30. The number of ether oxygens (including phenoxy) is 1. The highest BCUT2D eigenvalue weighted by Crippen LogP contribution is 2.17. The first kappa shape index (κ1) is 17.7. The minimum atomic E-state index is -0.483. The molecule has 3 aromatic rings. The van der Waals surface area contributed by atoms with Gasteiger partial charge in [0.05, 0.1) is 5.56 Å². The number of aromatic nitrogens is 1. The van der Waals surface area contributed by atoms with Gasteiger partial charge in [0.2, 0.25) is 0 Å². The number of aromatic amines is 1. The fourth-order valence-corrected chi connectivity index (χ4v) is 3.03. The van der Waals surface area contributed by atoms with Crippen LogP contribution in [0.4, 0.5) is 0 Å². The summed E-state index contributed by atoms with van der Waals surface area (Å²) in [5.74, 6) is -0.786. The normalized spacial score (nSPS) is 10.7. The molecule has 0 radical (unpaired) electrons. The number of fused-ring (bicyclic) bond motifs is 1. The first-order valence-electron chi connectivity index (χ1n) is 8.60. The van der Waals surface area contributed by atoms with E-state index in [1.165, 1.54) is 0 Å². The van der Waals surface area contributed by atoms with E-state index in [9.17, 15) is 9.59 Å². The highest BCUT2D eigenvalue weighted by atomic mass is 16.5. The fraction of sp³-hybridized carbons (Fsp3) is 0.238. The van der Waals surface area contributed by atoms with Gasteiger partial charge in [-0.2, -0.15) is 0 Å². The number of para-hydroxylation sites is 1. The minimum Gasteiger partial charge on any atom is -0.452 e. The SMILES string of the molecule is Cc1cc(C)cc(C(=O)OCC(=O)NCCc2c[nH]c3ccccc23)c1. The van der Waals surface area contributed by atoms with Gasteiger partial charge in [0.1, 0.15) is 0 Å². The number of hydrogen-bond acceptors (Lipinski definition) is 3. The van der Waals surface area contributed by atoms with Crippen molar-refractivity contribution in [2.24, 2.45) is 0 Å². The molecule has 1 amide bonds. The molecule has 2 aromatic carbocycles. The number of aryl methyl sites for hydroxylation is 2. The Morgan fingerprint density at radius 1 is 1.08 bits per heavy atom. The standard InChI is InChI=1S/C21H22N2O3/c1-14-9-15(2)11-17(10-14)21(25)26-13-20(24)22-8-7-16-12-23-19-6-4-3-5-18(16)19/h3-6,9-12,23H,7-8,13H2,1-2H3,(H,22,24). The van der Waals surface area contributed by atoms with Crippen molar-refractivity contribution in [2.45, 2.75) is 20.3 Å². The van der Waals surface area contributed by atoms with E-state index in [2.05, 4.69) is 16.4 Å². The van der Waals surface area contributed by atoms with Crippen molar-refractivity contribution in [1.82, 2.24) is 10.3 Å². The Labute approximate surface area is 152 Å². The second-order valence-corrected chi connectivity index (χ2v) is 6.41. The zero-order chi connectivity index (χ0) is 18.5. The van der Waals surface area contributed by atoms with Gasteiger partial charge in [-0.1, -0.05) is 35.4 Å². The monoisotopic (exact) mass is 350 g/mol. The summed E-state index contributed by atoms with van der Waals surface area (Å²) in [6, 6.07) is 13.5. The van der Waals surface area contributed by atoms with Crippen LogP contribution in [0.2, 0.25) is 0 Å². The molecule has 0 aliphatic heterocycles. The van der Waals surface area contributed by atoms with E-state index in [-0.39, 0.29) is 12.5 Å². The maximum atomic E-state index is 12.1. The lowest BCUT2D eigenvalue weighted by molar-refractivity contribution is -0.124. The van der Waals surface area contributed by atoms with Crippen LogP contribution in [0.5, 0.6) is 0 Å². The van der Waals surface area contributed by atoms with Crippen LogP contribution in [-0.2, 0) is 16.0 Å². The molecular formula is C21H22N2O3. The Kier molecular flexibility index (Phi) is 5.37. The van der Waals surface area contributed by atoms with Crippen molar-refractivity contribution in [1.29, 1.82) is 0 Å². The molecule has 0 aliphatic carbocycles. The summed E-state index contributed by atoms with van der Waals surface area (Å²) in [4.78, 5) is 27.2. The van der Waals surface area contributed by atoms with E-state index < -0.39 is 5.97 Å². The molecule has 0 unspecified atom stereocenters. The van der Waals surface area contributed by atoms with Crippen LogP contribution < -0.4 is 5.32 Å². The number of nitrogens with one attached hydrogen (secondary N) is 2. The van der Waals surface area contributed by atoms with Crippen molar-refractivity contribution in [3.63, 3.8) is 0 Å². The quantitative estimate of drug-likeness (QED) is 0.670. The number of amides is 1. The van der Waals surface area contributed by atoms with Gasteiger partial charge < -0.3 is 15.0 Å². The number of esters is 1. The lowest BCUT2D eigenvalue weighted by Gasteiger charge is -2.07. The van der Waals surface area contributed by atoms with E-state index in [0.717, 1.165) is 27.6 Å². The van der Waals surface area contributed by atoms with E-state index in [1.807, 2.05) is 44.3 Å². The Balaban J connectivity index is 1.46. The largest absolute Gasteiger partial charge is 0.452 e. The number of rotatable bonds is 6. The molecule has 134 valence electrons. The summed E-state index contributed by atoms with van der Waals surface area (Å²) < 4.78 is 5.10. The summed E-state index contributed by atoms with van der Waals surface area (Å²) in [7, 11) is 0. The summed E-state index contributed by atoms with van der Waals surface area (Å²) >= 11 is 0. The van der Waals surface area contributed by atoms with Gasteiger partial charge in [-0.15, -0.1) is 0 Å². The minimum absolute atomic E-state index is 0.278. The molecule has 0 atom stereocenters. The lowest BCUT2D eigenvalue weighted by Crippen LogP contribution is -2.30. The van der Waals surface area contributed by atoms with E-state index in [0.29, 0.717) is 18.5 Å². The number of H-pyrrole nitrogens is 1. The predicted molar refractivity (Wildman–Crippen MR) is 101 cm³/mol. The zero-order valence-corrected chi connectivity index (χ0v) is 15.0. The van der Waals surface area contributed by atoms with Crippen LogP contribution in [0.3, 0.4) is 0 Å². The molecule has 0 bridgehead atoms. The third-order valence-electron chi connectivity index (χ3n) is 4.18. The first-order chi connectivity index (χ1) is 12.5. The van der Waals surface area contributed by atoms with Crippen LogP contribution in [0.15, 0.2) is 48.7 Å². The molecular weight excluding hydrogens is 328 g/mol. The molecule has 1 aromatic heterocycles. The van der Waals surface area contributed by atoms with Crippen LogP contribution in [-0.4, -0.2) is 30.0 Å². The molecule has 0 saturated carbocycles. The fourth-order valence-electron chi connectivity index (χ4n) is 3.03. The maximum Gasteiger partial charge on any atom is 0.338 e. The highest BCUT2D eigenvalue weighted by Gasteiger charge is 2.11. The van der Waals surface area contributed by atoms with Crippen molar-refractivity contribution in [3.05, 3.63) is 70.9 Å². The van der Waals surface area contributed by atoms with Crippen molar-refractivity contribution >= 4 is 22.8 Å². The number of carbonyl (C=O) groups is 2. The first-order valence-corrected chi connectivity index (χ1v) is 8.60. The number of hydrogen-bond donors (Lipinski definition) is 2. The summed E-state index contributed by atoms with van der Waals surface area (Å²) in [5.41, 5.74) is 4.67. The molecule has 0 saturated heterocycles. The van der Waals surface area contributed by atoms with Gasteiger partial charge in [-0.3, -0.25) is 4.79 Å². The molecule has 5 nitrogen and oxygen atoms in total. The van der Waals surface area contributed by atoms with E-state index >= 15 is 0 Å². The third-order valence-corrected chi connectivity index (χ3v) is 4.18. The van der Waals surface area contributed by atoms with Crippen molar-refractivity contribution in [2.75, 3.05) is 13.2 Å². The Hall–Kier alpha value is -3.08. The molecule has 5 heteroatoms. The van der Waals surface area contributed by atoms with Crippen molar-refractivity contribution in [3.8, 4) is 0 Å². The summed E-state index contributed by atoms with van der Waals surface area (Å²) in [5, 5.41) is 3.94. The average Bonchev–Trinajstić information content (AvgIpc) is 3.02. The Morgan fingerprint density at radius 2 is 1.81 bits per heavy atom. The molecule has 26 heavy (non-hydrogen) atoms. The van der Waals surface area contributed by atoms with Crippen LogP contribution in [0.1, 0.15) is 27.0 Å². The Bertz CT molecular complexity index is 923. The van der Waals surface area contributed by atoms with E-state index in [4.69, 9.17) is 4.74 Å². The van der Waals surface area contributed by atoms with Gasteiger partial charge >= 0.3 is 5.97 Å². The van der Waals surface area contributed by atoms with Gasteiger partial charge in [-0.25, -0.2) is 4.79 Å². The average molecular weight is 350 g/mol. The highest BCUT2D eigenvalue weighted by molar-refractivity contribution is 5.91. The van der Waals surface area contributed by atoms with E-state index in [1.54, 1.807) is 12.1 Å². The molecule has 0 aliphatic rings. The summed E-state index contributed by atoms with van der Waals surface area (Å²) in [6.45, 7) is 4.05. The lowest BCUT2D eigenvalue weighted by atomic mass is 10.1. The van der Waals surface area contributed by atoms with Crippen LogP contribution in [0, 0.1) is 13.8 Å². The van der Waals surface area contributed by atoms with Gasteiger partial charge in [0.15, 0.2) is 6.61 Å². The molecule has 2 N–H and O–H groups in total. The van der Waals surface area contributed by atoms with Crippen LogP contribution >= 0.6 is 0 Å². The summed E-state index contributed by atoms with van der Waals surface area (Å²) in [6.07, 6.45) is 2.66. The zero-order valence-electron chi connectivity index (χ0n) is 15.0. The van der Waals surface area contributed by atoms with Gasteiger partial charge in [0.25, 0.3) is 5.91 Å². The molecule has 0 fully saturated rings. The van der Waals surface area contributed by atoms with Gasteiger partial charge in [0, 0.05) is 23.6 Å². The maximum absolute atomic E-state index is 12.1. The second-order valence-electron chi connectivity index (χ2n) is 6.41. The van der Waals surface area contributed by atoms with Crippen LogP contribution in [0.25, 0.3) is 10.9 Å². The molecule has 1 heterocycles.